The third kappa shape index (κ3) is 2.14. The second-order valence-electron chi connectivity index (χ2n) is 3.81. The van der Waals surface area contributed by atoms with Crippen molar-refractivity contribution >= 4 is 28.6 Å². The number of aromatic nitrogens is 3. The summed E-state index contributed by atoms with van der Waals surface area (Å²) in [5.41, 5.74) is 2.05. The molecule has 0 aromatic carbocycles. The van der Waals surface area contributed by atoms with E-state index in [1.54, 1.807) is 0 Å². The van der Waals surface area contributed by atoms with Gasteiger partial charge in [0.15, 0.2) is 5.82 Å². The molecule has 16 heavy (non-hydrogen) atoms. The zero-order valence-corrected chi connectivity index (χ0v) is 10.6. The van der Waals surface area contributed by atoms with Gasteiger partial charge in [0.1, 0.15) is 5.52 Å². The predicted molar refractivity (Wildman–Crippen MR) is 70.0 cm³/mol. The Kier molecular flexibility index (Phi) is 3.33. The van der Waals surface area contributed by atoms with Crippen molar-refractivity contribution in [2.75, 3.05) is 18.1 Å². The number of hydrogen-bond donors (Lipinski definition) is 1. The fourth-order valence-electron chi connectivity index (χ4n) is 1.52. The van der Waals surface area contributed by atoms with Crippen LogP contribution in [0.4, 0.5) is 5.82 Å². The maximum absolute atomic E-state index is 4.35. The largest absolute Gasteiger partial charge is 0.367 e. The molecule has 2 heterocycles. The lowest BCUT2D eigenvalue weighted by atomic mass is 10.3. The summed E-state index contributed by atoms with van der Waals surface area (Å²) >= 11 is 1.84. The zero-order chi connectivity index (χ0) is 11.5. The lowest BCUT2D eigenvalue weighted by Gasteiger charge is -2.10. The predicted octanol–water partition coefficient (Wildman–Crippen LogP) is 2.13. The van der Waals surface area contributed by atoms with Crippen molar-refractivity contribution in [2.45, 2.75) is 12.2 Å². The van der Waals surface area contributed by atoms with E-state index in [9.17, 15) is 0 Å². The third-order valence-electron chi connectivity index (χ3n) is 2.60. The number of anilines is 1. The van der Waals surface area contributed by atoms with Crippen molar-refractivity contribution in [3.8, 4) is 0 Å². The number of rotatable bonds is 4. The van der Waals surface area contributed by atoms with Gasteiger partial charge in [-0.1, -0.05) is 6.92 Å². The molecule has 2 aromatic rings. The molecule has 4 nitrogen and oxygen atoms in total. The van der Waals surface area contributed by atoms with Crippen LogP contribution in [0.25, 0.3) is 11.0 Å². The Bertz CT molecular complexity index is 480. The Labute approximate surface area is 99.5 Å². The lowest BCUT2D eigenvalue weighted by molar-refractivity contribution is 0.947. The highest BCUT2D eigenvalue weighted by Gasteiger charge is 2.07. The Hall–Kier alpha value is -1.23. The first-order chi connectivity index (χ1) is 7.72. The first-order valence-electron chi connectivity index (χ1n) is 5.25. The van der Waals surface area contributed by atoms with E-state index < -0.39 is 0 Å². The molecule has 2 rings (SSSR count). The van der Waals surface area contributed by atoms with Crippen LogP contribution < -0.4 is 5.32 Å². The molecule has 86 valence electrons. The number of nitrogens with one attached hydrogen (secondary N) is 1. The van der Waals surface area contributed by atoms with Crippen LogP contribution in [0.5, 0.6) is 0 Å². The molecule has 2 aromatic heterocycles. The summed E-state index contributed by atoms with van der Waals surface area (Å²) in [7, 11) is 1.99. The summed E-state index contributed by atoms with van der Waals surface area (Å²) in [4.78, 5) is 8.68. The Morgan fingerprint density at radius 2 is 2.31 bits per heavy atom. The fourth-order valence-corrected chi connectivity index (χ4v) is 1.77. The molecule has 0 saturated heterocycles. The fraction of sp³-hybridized carbons (Fsp3) is 0.455. The van der Waals surface area contributed by atoms with Crippen LogP contribution in [-0.2, 0) is 7.05 Å². The maximum Gasteiger partial charge on any atom is 0.154 e. The third-order valence-corrected chi connectivity index (χ3v) is 3.57. The number of nitrogens with zero attached hydrogens (tertiary/aromatic N) is 3. The molecule has 1 unspecified atom stereocenters. The number of pyridine rings is 1. The van der Waals surface area contributed by atoms with Crippen molar-refractivity contribution in [3.05, 3.63) is 18.6 Å². The Morgan fingerprint density at radius 3 is 3.06 bits per heavy atom. The van der Waals surface area contributed by atoms with E-state index in [-0.39, 0.29) is 0 Å². The highest BCUT2D eigenvalue weighted by molar-refractivity contribution is 7.99. The molecular formula is C11H16N4S. The molecule has 5 heteroatoms. The van der Waals surface area contributed by atoms with Crippen LogP contribution >= 0.6 is 11.8 Å². The van der Waals surface area contributed by atoms with E-state index >= 15 is 0 Å². The standard InChI is InChI=1S/C11H16N4S/c1-8(16-3)6-13-11-10-9(4-5-12-11)15(2)7-14-10/h4-5,7-8H,6H2,1-3H3,(H,12,13). The van der Waals surface area contributed by atoms with Crippen molar-refractivity contribution in [1.82, 2.24) is 14.5 Å². The smallest absolute Gasteiger partial charge is 0.154 e. The van der Waals surface area contributed by atoms with Crippen LogP contribution in [-0.4, -0.2) is 32.6 Å². The average molecular weight is 236 g/mol. The normalized spacial score (nSPS) is 12.9. The second kappa shape index (κ2) is 4.74. The van der Waals surface area contributed by atoms with Gasteiger partial charge in [0.2, 0.25) is 0 Å². The molecule has 0 aliphatic carbocycles. The molecule has 1 atom stereocenters. The van der Waals surface area contributed by atoms with E-state index in [2.05, 4.69) is 28.5 Å². The molecule has 0 saturated carbocycles. The van der Waals surface area contributed by atoms with Gasteiger partial charge in [-0.25, -0.2) is 9.97 Å². The summed E-state index contributed by atoms with van der Waals surface area (Å²) < 4.78 is 2.00. The minimum atomic E-state index is 0.570. The average Bonchev–Trinajstić information content (AvgIpc) is 2.69. The van der Waals surface area contributed by atoms with Gasteiger partial charge in [0.05, 0.1) is 11.8 Å². The Balaban J connectivity index is 2.24. The summed E-state index contributed by atoms with van der Waals surface area (Å²) in [6.45, 7) is 3.10. The molecule has 0 radical (unpaired) electrons. The van der Waals surface area contributed by atoms with E-state index in [0.29, 0.717) is 5.25 Å². The van der Waals surface area contributed by atoms with Gasteiger partial charge in [-0.2, -0.15) is 11.8 Å². The molecule has 0 aliphatic heterocycles. The van der Waals surface area contributed by atoms with Gasteiger partial charge in [0.25, 0.3) is 0 Å². The molecule has 0 aliphatic rings. The lowest BCUT2D eigenvalue weighted by Crippen LogP contribution is -2.13. The number of thioether (sulfide) groups is 1. The number of aryl methyl sites for hydroxylation is 1. The van der Waals surface area contributed by atoms with Crippen molar-refractivity contribution in [1.29, 1.82) is 0 Å². The quantitative estimate of drug-likeness (QED) is 0.883. The second-order valence-corrected chi connectivity index (χ2v) is 5.09. The molecular weight excluding hydrogens is 220 g/mol. The molecule has 0 fully saturated rings. The molecule has 1 N–H and O–H groups in total. The molecule has 0 amide bonds. The topological polar surface area (TPSA) is 42.7 Å². The van der Waals surface area contributed by atoms with Crippen LogP contribution in [0.3, 0.4) is 0 Å². The van der Waals surface area contributed by atoms with Crippen molar-refractivity contribution < 1.29 is 0 Å². The maximum atomic E-state index is 4.35. The van der Waals surface area contributed by atoms with Crippen molar-refractivity contribution in [2.24, 2.45) is 7.05 Å². The van der Waals surface area contributed by atoms with E-state index in [1.165, 1.54) is 0 Å². The van der Waals surface area contributed by atoms with Crippen LogP contribution in [0.15, 0.2) is 18.6 Å². The van der Waals surface area contributed by atoms with Gasteiger partial charge in [-0.15, -0.1) is 0 Å². The zero-order valence-electron chi connectivity index (χ0n) is 9.77. The first kappa shape index (κ1) is 11.3. The molecule has 0 spiro atoms. The van der Waals surface area contributed by atoms with Gasteiger partial charge in [0, 0.05) is 25.0 Å². The SMILES string of the molecule is CSC(C)CNc1nccc2c1ncn2C. The number of hydrogen-bond acceptors (Lipinski definition) is 4. The van der Waals surface area contributed by atoms with Crippen LogP contribution in [0.2, 0.25) is 0 Å². The monoisotopic (exact) mass is 236 g/mol. The van der Waals surface area contributed by atoms with Crippen LogP contribution in [0, 0.1) is 0 Å². The highest BCUT2D eigenvalue weighted by atomic mass is 32.2. The molecule has 0 bridgehead atoms. The van der Waals surface area contributed by atoms with E-state index in [4.69, 9.17) is 0 Å². The van der Waals surface area contributed by atoms with Gasteiger partial charge < -0.3 is 9.88 Å². The summed E-state index contributed by atoms with van der Waals surface area (Å²) in [6.07, 6.45) is 5.74. The summed E-state index contributed by atoms with van der Waals surface area (Å²) in [5, 5.41) is 3.91. The minimum Gasteiger partial charge on any atom is -0.367 e. The highest BCUT2D eigenvalue weighted by Crippen LogP contribution is 2.18. The van der Waals surface area contributed by atoms with Gasteiger partial charge >= 0.3 is 0 Å². The van der Waals surface area contributed by atoms with Gasteiger partial charge in [-0.05, 0) is 12.3 Å². The van der Waals surface area contributed by atoms with Gasteiger partial charge in [-0.3, -0.25) is 0 Å². The minimum absolute atomic E-state index is 0.570. The number of imidazole rings is 1. The van der Waals surface area contributed by atoms with E-state index in [0.717, 1.165) is 23.4 Å². The van der Waals surface area contributed by atoms with E-state index in [1.807, 2.05) is 42.0 Å². The first-order valence-corrected chi connectivity index (χ1v) is 6.54. The summed E-state index contributed by atoms with van der Waals surface area (Å²) in [6, 6.07) is 1.98. The number of fused-ring (bicyclic) bond motifs is 1. The summed E-state index contributed by atoms with van der Waals surface area (Å²) in [5.74, 6) is 0.874. The van der Waals surface area contributed by atoms with Crippen LogP contribution in [0.1, 0.15) is 6.92 Å². The van der Waals surface area contributed by atoms with Crippen molar-refractivity contribution in [3.63, 3.8) is 0 Å². The Morgan fingerprint density at radius 1 is 1.50 bits per heavy atom.